The van der Waals surface area contributed by atoms with Gasteiger partial charge in [-0.25, -0.2) is 9.13 Å². The number of hydrogen-bond donors (Lipinski definition) is 3. The van der Waals surface area contributed by atoms with Gasteiger partial charge in [-0.05, 0) is 51.4 Å². The van der Waals surface area contributed by atoms with Crippen molar-refractivity contribution in [2.24, 2.45) is 0 Å². The van der Waals surface area contributed by atoms with Crippen LogP contribution >= 0.6 is 15.6 Å². The molecule has 572 valence electrons. The summed E-state index contributed by atoms with van der Waals surface area (Å²) in [5.74, 6) is -2.14. The van der Waals surface area contributed by atoms with Gasteiger partial charge in [-0.3, -0.25) is 37.3 Å². The number of aliphatic hydroxyl groups excluding tert-OH is 1. The van der Waals surface area contributed by atoms with Gasteiger partial charge in [0.1, 0.15) is 19.3 Å². The first-order chi connectivity index (χ1) is 47.2. The molecule has 0 aromatic heterocycles. The molecule has 19 heteroatoms. The molecule has 0 heterocycles. The molecule has 0 spiro atoms. The van der Waals surface area contributed by atoms with Crippen molar-refractivity contribution in [1.82, 2.24) is 0 Å². The molecule has 3 N–H and O–H groups in total. The van der Waals surface area contributed by atoms with Crippen molar-refractivity contribution < 1.29 is 80.2 Å². The Bertz CT molecular complexity index is 1940. The van der Waals surface area contributed by atoms with Gasteiger partial charge in [0.05, 0.1) is 26.4 Å². The fourth-order valence-electron chi connectivity index (χ4n) is 11.6. The third-order valence-corrected chi connectivity index (χ3v) is 19.6. The number of carbonyl (C=O) groups excluding carboxylic acids is 4. The number of carbonyl (C=O) groups is 4. The van der Waals surface area contributed by atoms with E-state index in [4.69, 9.17) is 37.0 Å². The molecular weight excluding hydrogens is 1270 g/mol. The van der Waals surface area contributed by atoms with Gasteiger partial charge in [-0.1, -0.05) is 341 Å². The molecule has 2 unspecified atom stereocenters. The summed E-state index contributed by atoms with van der Waals surface area (Å²) in [5, 5.41) is 10.6. The van der Waals surface area contributed by atoms with E-state index in [9.17, 15) is 43.2 Å². The molecule has 0 aliphatic rings. The summed E-state index contributed by atoms with van der Waals surface area (Å²) in [4.78, 5) is 72.9. The zero-order valence-electron chi connectivity index (χ0n) is 62.5. The largest absolute Gasteiger partial charge is 0.472 e. The van der Waals surface area contributed by atoms with Gasteiger partial charge in [-0.2, -0.15) is 0 Å². The van der Waals surface area contributed by atoms with Gasteiger partial charge in [-0.15, -0.1) is 0 Å². The van der Waals surface area contributed by atoms with Crippen molar-refractivity contribution >= 4 is 39.5 Å². The molecule has 0 bridgehead atoms. The first kappa shape index (κ1) is 94.5. The lowest BCUT2D eigenvalue weighted by atomic mass is 10.0. The van der Waals surface area contributed by atoms with E-state index in [-0.39, 0.29) is 25.7 Å². The molecule has 0 aromatic carbocycles. The van der Waals surface area contributed by atoms with Crippen LogP contribution in [0, 0.1) is 0 Å². The van der Waals surface area contributed by atoms with Crippen LogP contribution in [-0.4, -0.2) is 96.7 Å². The highest BCUT2D eigenvalue weighted by atomic mass is 31.2. The summed E-state index contributed by atoms with van der Waals surface area (Å²) in [5.41, 5.74) is 0. The zero-order chi connectivity index (χ0) is 71.1. The van der Waals surface area contributed by atoms with Gasteiger partial charge in [0, 0.05) is 25.7 Å². The summed E-state index contributed by atoms with van der Waals surface area (Å²) >= 11 is 0. The SMILES string of the molecule is CCCCCC/C=C\C=C/CCCCCCCC(=O)OC[C@H](COP(=O)(O)OC[C@@H](O)COP(=O)(O)OC[C@@H](COC(=O)CCCCCCCCCCCC)OC(=O)CCCCCCCCCCCCCCCC)OC(=O)CCCCCCCCCCCCCCCCCCCC. The molecule has 97 heavy (non-hydrogen) atoms. The summed E-state index contributed by atoms with van der Waals surface area (Å²) in [6, 6.07) is 0. The fraction of sp³-hybridized carbons (Fsp3) is 0.897. The van der Waals surface area contributed by atoms with E-state index in [1.165, 1.54) is 205 Å². The predicted molar refractivity (Wildman–Crippen MR) is 395 cm³/mol. The highest BCUT2D eigenvalue weighted by Gasteiger charge is 2.30. The minimum Gasteiger partial charge on any atom is -0.462 e. The molecule has 17 nitrogen and oxygen atoms in total. The predicted octanol–water partition coefficient (Wildman–Crippen LogP) is 23.0. The second-order valence-electron chi connectivity index (χ2n) is 27.4. The number of rotatable bonds is 77. The quantitative estimate of drug-likeness (QED) is 0.0169. The second kappa shape index (κ2) is 71.9. The van der Waals surface area contributed by atoms with Crippen LogP contribution in [0.15, 0.2) is 24.3 Å². The number of unbranched alkanes of at least 4 members (excludes halogenated alkanes) is 48. The Morgan fingerprint density at radius 2 is 0.495 bits per heavy atom. The molecular formula is C78H148O17P2. The number of phosphoric acid groups is 2. The lowest BCUT2D eigenvalue weighted by Gasteiger charge is -2.21. The first-order valence-electron chi connectivity index (χ1n) is 40.1. The summed E-state index contributed by atoms with van der Waals surface area (Å²) in [6.45, 7) is 4.93. The van der Waals surface area contributed by atoms with Crippen molar-refractivity contribution in [3.8, 4) is 0 Å². The van der Waals surface area contributed by atoms with Crippen molar-refractivity contribution in [3.63, 3.8) is 0 Å². The van der Waals surface area contributed by atoms with Gasteiger partial charge in [0.15, 0.2) is 12.2 Å². The highest BCUT2D eigenvalue weighted by molar-refractivity contribution is 7.47. The number of aliphatic hydroxyl groups is 1. The Morgan fingerprint density at radius 3 is 0.753 bits per heavy atom. The Morgan fingerprint density at radius 1 is 0.289 bits per heavy atom. The van der Waals surface area contributed by atoms with E-state index in [0.29, 0.717) is 25.7 Å². The second-order valence-corrected chi connectivity index (χ2v) is 30.3. The first-order valence-corrected chi connectivity index (χ1v) is 43.1. The van der Waals surface area contributed by atoms with Crippen molar-refractivity contribution in [1.29, 1.82) is 0 Å². The normalized spacial score (nSPS) is 14.0. The fourth-order valence-corrected chi connectivity index (χ4v) is 13.1. The van der Waals surface area contributed by atoms with E-state index in [2.05, 4.69) is 52.0 Å². The Kier molecular flexibility index (Phi) is 70.1. The summed E-state index contributed by atoms with van der Waals surface area (Å²) in [7, 11) is -9.92. The van der Waals surface area contributed by atoms with E-state index >= 15 is 0 Å². The van der Waals surface area contributed by atoms with E-state index in [1.54, 1.807) is 0 Å². The third-order valence-electron chi connectivity index (χ3n) is 17.7. The molecule has 5 atom stereocenters. The lowest BCUT2D eigenvalue weighted by Crippen LogP contribution is -2.30. The van der Waals surface area contributed by atoms with Gasteiger partial charge in [0.2, 0.25) is 0 Å². The number of allylic oxidation sites excluding steroid dienone is 4. The Labute approximate surface area is 592 Å². The van der Waals surface area contributed by atoms with E-state index < -0.39 is 97.5 Å². The molecule has 0 saturated heterocycles. The maximum Gasteiger partial charge on any atom is 0.472 e. The van der Waals surface area contributed by atoms with E-state index in [1.807, 2.05) is 0 Å². The third kappa shape index (κ3) is 71.7. The van der Waals surface area contributed by atoms with Crippen LogP contribution < -0.4 is 0 Å². The minimum absolute atomic E-state index is 0.102. The average molecular weight is 1420 g/mol. The van der Waals surface area contributed by atoms with Crippen LogP contribution in [0.4, 0.5) is 0 Å². The molecule has 0 radical (unpaired) electrons. The molecule has 0 fully saturated rings. The molecule has 0 aliphatic heterocycles. The van der Waals surface area contributed by atoms with Gasteiger partial charge >= 0.3 is 39.5 Å². The van der Waals surface area contributed by atoms with Crippen molar-refractivity contribution in [2.75, 3.05) is 39.6 Å². The Hall–Kier alpha value is -2.46. The maximum atomic E-state index is 13.1. The molecule has 0 saturated carbocycles. The minimum atomic E-state index is -4.97. The van der Waals surface area contributed by atoms with Crippen molar-refractivity contribution in [3.05, 3.63) is 24.3 Å². The lowest BCUT2D eigenvalue weighted by molar-refractivity contribution is -0.161. The standard InChI is InChI=1S/C78H148O17P2/c1-5-9-13-17-21-25-29-32-35-36-37-39-42-45-49-53-57-61-65-78(83)95-74(69-89-76(81)63-59-55-51-47-43-41-38-33-30-26-22-18-14-10-6-2)71-93-97(86,87)91-67-72(79)66-90-96(84,85)92-70-73(68-88-75(80)62-58-54-50-46-28-24-20-16-12-8-4)94-77(82)64-60-56-52-48-44-40-34-31-27-23-19-15-11-7-3/h26,30,33,38,72-74,79H,5-25,27-29,31-32,34-37,39-71H2,1-4H3,(H,84,85)(H,86,87)/b30-26-,38-33-/t72-,73+,74+/m0/s1. The molecule has 0 aliphatic carbocycles. The number of phosphoric ester groups is 2. The number of hydrogen-bond acceptors (Lipinski definition) is 15. The molecule has 0 amide bonds. The zero-order valence-corrected chi connectivity index (χ0v) is 64.3. The number of esters is 4. The number of ether oxygens (including phenoxy) is 4. The van der Waals surface area contributed by atoms with Gasteiger partial charge in [0.25, 0.3) is 0 Å². The van der Waals surface area contributed by atoms with Crippen LogP contribution in [-0.2, 0) is 65.4 Å². The average Bonchev–Trinajstić information content (AvgIpc) is 2.19. The maximum absolute atomic E-state index is 13.1. The van der Waals surface area contributed by atoms with Gasteiger partial charge < -0.3 is 33.8 Å². The molecule has 0 aromatic rings. The smallest absolute Gasteiger partial charge is 0.462 e. The van der Waals surface area contributed by atoms with Crippen LogP contribution in [0.25, 0.3) is 0 Å². The van der Waals surface area contributed by atoms with E-state index in [0.717, 1.165) is 109 Å². The van der Waals surface area contributed by atoms with Crippen LogP contribution in [0.1, 0.15) is 394 Å². The Balaban J connectivity index is 5.27. The molecule has 0 rings (SSSR count). The summed E-state index contributed by atoms with van der Waals surface area (Å²) < 4.78 is 68.6. The monoisotopic (exact) mass is 1420 g/mol. The topological polar surface area (TPSA) is 237 Å². The summed E-state index contributed by atoms with van der Waals surface area (Å²) in [6.07, 6.45) is 65.9. The van der Waals surface area contributed by atoms with Crippen LogP contribution in [0.3, 0.4) is 0 Å². The van der Waals surface area contributed by atoms with Crippen LogP contribution in [0.5, 0.6) is 0 Å². The highest BCUT2D eigenvalue weighted by Crippen LogP contribution is 2.45. The van der Waals surface area contributed by atoms with Crippen molar-refractivity contribution in [2.45, 2.75) is 412 Å². The van der Waals surface area contributed by atoms with Crippen LogP contribution in [0.2, 0.25) is 0 Å².